The van der Waals surface area contributed by atoms with E-state index < -0.39 is 0 Å². The lowest BCUT2D eigenvalue weighted by molar-refractivity contribution is -0.123. The molecule has 0 aromatic carbocycles. The van der Waals surface area contributed by atoms with Crippen molar-refractivity contribution in [3.63, 3.8) is 0 Å². The molecule has 0 aliphatic carbocycles. The number of carbonyl (C=O) groups is 1. The number of hydrogen-bond acceptors (Lipinski definition) is 4. The summed E-state index contributed by atoms with van der Waals surface area (Å²) in [6.45, 7) is 7.09. The van der Waals surface area contributed by atoms with Gasteiger partial charge in [-0.15, -0.1) is 0 Å². The van der Waals surface area contributed by atoms with Crippen molar-refractivity contribution < 1.29 is 9.53 Å². The van der Waals surface area contributed by atoms with Gasteiger partial charge in [-0.1, -0.05) is 19.8 Å². The van der Waals surface area contributed by atoms with Crippen LogP contribution in [-0.2, 0) is 9.53 Å². The van der Waals surface area contributed by atoms with Gasteiger partial charge in [-0.3, -0.25) is 9.69 Å². The number of carbonyl (C=O) groups excluding carboxylic acids is 1. The van der Waals surface area contributed by atoms with Crippen LogP contribution in [-0.4, -0.2) is 63.3 Å². The molecule has 0 bridgehead atoms. The molecule has 5 nitrogen and oxygen atoms in total. The maximum atomic E-state index is 11.9. The maximum Gasteiger partial charge on any atom is 0.234 e. The lowest BCUT2D eigenvalue weighted by atomic mass is 10.0. The Morgan fingerprint density at radius 1 is 1.35 bits per heavy atom. The summed E-state index contributed by atoms with van der Waals surface area (Å²) in [5, 5.41) is 6.42. The standard InChI is InChI=1S/C15H31N3O2/c1-3-4-8-17-15(19)13-18-10-6-5-7-14(18)12-16-9-11-20-2/h14,16H,3-13H2,1-2H3,(H,17,19). The predicted octanol–water partition coefficient (Wildman–Crippen LogP) is 0.993. The summed E-state index contributed by atoms with van der Waals surface area (Å²) < 4.78 is 5.04. The van der Waals surface area contributed by atoms with Crippen LogP contribution in [0.1, 0.15) is 39.0 Å². The zero-order valence-electron chi connectivity index (χ0n) is 13.1. The highest BCUT2D eigenvalue weighted by molar-refractivity contribution is 5.78. The van der Waals surface area contributed by atoms with Crippen LogP contribution in [0.4, 0.5) is 0 Å². The summed E-state index contributed by atoms with van der Waals surface area (Å²) in [5.41, 5.74) is 0. The van der Waals surface area contributed by atoms with Crippen LogP contribution < -0.4 is 10.6 Å². The summed E-state index contributed by atoms with van der Waals surface area (Å²) in [4.78, 5) is 14.2. The number of ether oxygens (including phenoxy) is 1. The first kappa shape index (κ1) is 17.4. The second-order valence-corrected chi connectivity index (χ2v) is 5.52. The Labute approximate surface area is 123 Å². The molecular formula is C15H31N3O2. The third-order valence-electron chi connectivity index (χ3n) is 3.81. The van der Waals surface area contributed by atoms with Gasteiger partial charge in [0.25, 0.3) is 0 Å². The fourth-order valence-electron chi connectivity index (χ4n) is 2.59. The van der Waals surface area contributed by atoms with Gasteiger partial charge in [0, 0.05) is 32.8 Å². The number of methoxy groups -OCH3 is 1. The van der Waals surface area contributed by atoms with Crippen molar-refractivity contribution in [3.05, 3.63) is 0 Å². The van der Waals surface area contributed by atoms with E-state index in [2.05, 4.69) is 22.5 Å². The van der Waals surface area contributed by atoms with E-state index >= 15 is 0 Å². The van der Waals surface area contributed by atoms with Gasteiger partial charge in [0.05, 0.1) is 13.2 Å². The molecule has 1 unspecified atom stereocenters. The SMILES string of the molecule is CCCCNC(=O)CN1CCCCC1CNCCOC. The molecule has 1 saturated heterocycles. The minimum Gasteiger partial charge on any atom is -0.383 e. The molecule has 0 aromatic rings. The van der Waals surface area contributed by atoms with Crippen molar-refractivity contribution in [2.75, 3.05) is 46.4 Å². The first-order valence-electron chi connectivity index (χ1n) is 7.98. The number of nitrogens with one attached hydrogen (secondary N) is 2. The van der Waals surface area contributed by atoms with Crippen LogP contribution in [0, 0.1) is 0 Å². The topological polar surface area (TPSA) is 53.6 Å². The third-order valence-corrected chi connectivity index (χ3v) is 3.81. The first-order valence-corrected chi connectivity index (χ1v) is 7.98. The molecule has 0 spiro atoms. The predicted molar refractivity (Wildman–Crippen MR) is 81.9 cm³/mol. The molecule has 1 fully saturated rings. The smallest absolute Gasteiger partial charge is 0.234 e. The molecular weight excluding hydrogens is 254 g/mol. The second-order valence-electron chi connectivity index (χ2n) is 5.52. The Hall–Kier alpha value is -0.650. The fourth-order valence-corrected chi connectivity index (χ4v) is 2.59. The average Bonchev–Trinajstić information content (AvgIpc) is 2.45. The van der Waals surface area contributed by atoms with Gasteiger partial charge in [-0.25, -0.2) is 0 Å². The number of amides is 1. The number of likely N-dealkylation sites (tertiary alicyclic amines) is 1. The van der Waals surface area contributed by atoms with Crippen molar-refractivity contribution in [3.8, 4) is 0 Å². The molecule has 2 N–H and O–H groups in total. The summed E-state index contributed by atoms with van der Waals surface area (Å²) in [6.07, 6.45) is 5.84. The van der Waals surface area contributed by atoms with Crippen LogP contribution in [0.15, 0.2) is 0 Å². The quantitative estimate of drug-likeness (QED) is 0.588. The molecule has 1 amide bonds. The molecule has 0 saturated carbocycles. The van der Waals surface area contributed by atoms with Crippen molar-refractivity contribution in [2.24, 2.45) is 0 Å². The lowest BCUT2D eigenvalue weighted by Crippen LogP contribution is -2.49. The second kappa shape index (κ2) is 11.1. The van der Waals surface area contributed by atoms with Crippen molar-refractivity contribution in [1.82, 2.24) is 15.5 Å². The summed E-state index contributed by atoms with van der Waals surface area (Å²) >= 11 is 0. The Balaban J connectivity index is 2.26. The van der Waals surface area contributed by atoms with Gasteiger partial charge in [-0.05, 0) is 25.8 Å². The zero-order chi connectivity index (χ0) is 14.6. The number of nitrogens with zero attached hydrogens (tertiary/aromatic N) is 1. The number of piperidine rings is 1. The summed E-state index contributed by atoms with van der Waals surface area (Å²) in [7, 11) is 1.72. The molecule has 0 aromatic heterocycles. The Morgan fingerprint density at radius 3 is 2.95 bits per heavy atom. The zero-order valence-corrected chi connectivity index (χ0v) is 13.1. The largest absolute Gasteiger partial charge is 0.383 e. The molecule has 0 radical (unpaired) electrons. The minimum atomic E-state index is 0.169. The van der Waals surface area contributed by atoms with Gasteiger partial charge in [0.2, 0.25) is 5.91 Å². The Bertz CT molecular complexity index is 262. The monoisotopic (exact) mass is 285 g/mol. The van der Waals surface area contributed by atoms with Gasteiger partial charge in [0.15, 0.2) is 0 Å². The van der Waals surface area contributed by atoms with Crippen LogP contribution in [0.5, 0.6) is 0 Å². The number of unbranched alkanes of at least 4 members (excludes halogenated alkanes) is 1. The molecule has 20 heavy (non-hydrogen) atoms. The van der Waals surface area contributed by atoms with Gasteiger partial charge in [-0.2, -0.15) is 0 Å². The van der Waals surface area contributed by atoms with Crippen LogP contribution in [0.3, 0.4) is 0 Å². The van der Waals surface area contributed by atoms with E-state index in [9.17, 15) is 4.79 Å². The van der Waals surface area contributed by atoms with E-state index in [1.54, 1.807) is 7.11 Å². The maximum absolute atomic E-state index is 11.9. The van der Waals surface area contributed by atoms with E-state index in [0.717, 1.165) is 45.6 Å². The van der Waals surface area contributed by atoms with E-state index in [4.69, 9.17) is 4.74 Å². The van der Waals surface area contributed by atoms with Gasteiger partial charge < -0.3 is 15.4 Å². The third kappa shape index (κ3) is 7.22. The van der Waals surface area contributed by atoms with Crippen molar-refractivity contribution in [1.29, 1.82) is 0 Å². The van der Waals surface area contributed by atoms with Crippen LogP contribution >= 0.6 is 0 Å². The molecule has 118 valence electrons. The summed E-state index contributed by atoms with van der Waals surface area (Å²) in [5.74, 6) is 0.169. The van der Waals surface area contributed by atoms with Crippen molar-refractivity contribution >= 4 is 5.91 Å². The van der Waals surface area contributed by atoms with E-state index in [0.29, 0.717) is 12.6 Å². The normalized spacial score (nSPS) is 20.0. The highest BCUT2D eigenvalue weighted by atomic mass is 16.5. The molecule has 1 heterocycles. The van der Waals surface area contributed by atoms with E-state index in [-0.39, 0.29) is 5.91 Å². The molecule has 1 atom stereocenters. The minimum absolute atomic E-state index is 0.169. The van der Waals surface area contributed by atoms with Gasteiger partial charge in [0.1, 0.15) is 0 Å². The fraction of sp³-hybridized carbons (Fsp3) is 0.933. The van der Waals surface area contributed by atoms with Crippen LogP contribution in [0.25, 0.3) is 0 Å². The number of hydrogen-bond donors (Lipinski definition) is 2. The summed E-state index contributed by atoms with van der Waals surface area (Å²) in [6, 6.07) is 0.484. The first-order chi connectivity index (χ1) is 9.77. The average molecular weight is 285 g/mol. The lowest BCUT2D eigenvalue weighted by Gasteiger charge is -2.35. The molecule has 5 heteroatoms. The molecule has 1 aliphatic rings. The highest BCUT2D eigenvalue weighted by Gasteiger charge is 2.23. The van der Waals surface area contributed by atoms with E-state index in [1.165, 1.54) is 19.3 Å². The number of rotatable bonds is 10. The van der Waals surface area contributed by atoms with Crippen LogP contribution in [0.2, 0.25) is 0 Å². The Morgan fingerprint density at radius 2 is 2.20 bits per heavy atom. The molecule has 1 rings (SSSR count). The Kier molecular flexibility index (Phi) is 9.62. The molecule has 1 aliphatic heterocycles. The van der Waals surface area contributed by atoms with E-state index in [1.807, 2.05) is 0 Å². The van der Waals surface area contributed by atoms with Gasteiger partial charge >= 0.3 is 0 Å². The van der Waals surface area contributed by atoms with Crippen molar-refractivity contribution in [2.45, 2.75) is 45.1 Å². The highest BCUT2D eigenvalue weighted by Crippen LogP contribution is 2.15.